The molecule has 0 fully saturated rings. The van der Waals surface area contributed by atoms with Gasteiger partial charge < -0.3 is 18.9 Å². The Morgan fingerprint density at radius 2 is 1.88 bits per heavy atom. The van der Waals surface area contributed by atoms with Crippen molar-refractivity contribution in [1.82, 2.24) is 0 Å². The normalized spacial score (nSPS) is 14.0. The van der Waals surface area contributed by atoms with Gasteiger partial charge in [-0.05, 0) is 30.3 Å². The van der Waals surface area contributed by atoms with Gasteiger partial charge in [0.05, 0.1) is 32.5 Å². The van der Waals surface area contributed by atoms with Crippen LogP contribution in [0.4, 0.5) is 0 Å². The minimum atomic E-state index is -0.512. The van der Waals surface area contributed by atoms with Gasteiger partial charge >= 0.3 is 5.97 Å². The number of fused-ring (bicyclic) bond motifs is 1. The molecule has 128 valence electrons. The third-order valence-corrected chi connectivity index (χ3v) is 3.81. The van der Waals surface area contributed by atoms with E-state index in [0.717, 1.165) is 0 Å². The van der Waals surface area contributed by atoms with Gasteiger partial charge in [0.25, 0.3) is 0 Å². The molecule has 0 bridgehead atoms. The van der Waals surface area contributed by atoms with Gasteiger partial charge in [0.2, 0.25) is 5.78 Å². The summed E-state index contributed by atoms with van der Waals surface area (Å²) in [6, 6.07) is 9.92. The summed E-state index contributed by atoms with van der Waals surface area (Å²) in [5.74, 6) is 0.760. The molecule has 1 heterocycles. The summed E-state index contributed by atoms with van der Waals surface area (Å²) >= 11 is 0. The van der Waals surface area contributed by atoms with E-state index >= 15 is 0 Å². The van der Waals surface area contributed by atoms with Crippen LogP contribution in [0, 0.1) is 0 Å². The number of carbonyl (C=O) groups excluding carboxylic acids is 2. The summed E-state index contributed by atoms with van der Waals surface area (Å²) in [4.78, 5) is 24.2. The van der Waals surface area contributed by atoms with Crippen molar-refractivity contribution in [2.45, 2.75) is 0 Å². The number of methoxy groups -OCH3 is 3. The molecule has 0 saturated heterocycles. The number of carbonyl (C=O) groups is 2. The molecule has 0 saturated carbocycles. The minimum Gasteiger partial charge on any atom is -0.493 e. The highest BCUT2D eigenvalue weighted by atomic mass is 16.5. The lowest BCUT2D eigenvalue weighted by atomic mass is 10.1. The lowest BCUT2D eigenvalue weighted by Crippen LogP contribution is -2.03. The van der Waals surface area contributed by atoms with Crippen molar-refractivity contribution in [3.63, 3.8) is 0 Å². The number of hydrogen-bond donors (Lipinski definition) is 0. The van der Waals surface area contributed by atoms with Gasteiger partial charge in [-0.25, -0.2) is 4.79 Å². The Morgan fingerprint density at radius 1 is 1.08 bits per heavy atom. The van der Waals surface area contributed by atoms with Gasteiger partial charge in [0, 0.05) is 5.56 Å². The van der Waals surface area contributed by atoms with Crippen molar-refractivity contribution >= 4 is 17.8 Å². The lowest BCUT2D eigenvalue weighted by molar-refractivity contribution is 0.0600. The molecule has 0 amide bonds. The summed E-state index contributed by atoms with van der Waals surface area (Å²) in [6.45, 7) is 0. The van der Waals surface area contributed by atoms with Crippen molar-refractivity contribution in [2.24, 2.45) is 0 Å². The van der Waals surface area contributed by atoms with Crippen LogP contribution in [0.25, 0.3) is 6.08 Å². The molecule has 3 rings (SSSR count). The van der Waals surface area contributed by atoms with Crippen LogP contribution in [0.2, 0.25) is 0 Å². The standard InChI is InChI=1S/C19H16O6/c1-22-15-6-4-5-11(18(15)23-2)10-16-17(20)13-9-12(19(21)24-3)7-8-14(13)25-16/h4-10H,1-3H3. The molecule has 0 atom stereocenters. The molecular weight excluding hydrogens is 324 g/mol. The first-order valence-corrected chi connectivity index (χ1v) is 7.46. The number of ketones is 1. The molecule has 1 aliphatic heterocycles. The maximum atomic E-state index is 12.6. The average Bonchev–Trinajstić information content (AvgIpc) is 2.96. The zero-order valence-corrected chi connectivity index (χ0v) is 14.0. The van der Waals surface area contributed by atoms with Gasteiger partial charge in [-0.1, -0.05) is 12.1 Å². The fourth-order valence-corrected chi connectivity index (χ4v) is 2.60. The van der Waals surface area contributed by atoms with Crippen LogP contribution in [0.15, 0.2) is 42.2 Å². The van der Waals surface area contributed by atoms with Crippen LogP contribution in [0.5, 0.6) is 17.2 Å². The molecule has 6 nitrogen and oxygen atoms in total. The Balaban J connectivity index is 2.00. The van der Waals surface area contributed by atoms with Crippen LogP contribution < -0.4 is 14.2 Å². The fraction of sp³-hybridized carbons (Fsp3) is 0.158. The van der Waals surface area contributed by atoms with Crippen molar-refractivity contribution < 1.29 is 28.5 Å². The summed E-state index contributed by atoms with van der Waals surface area (Å²) in [5.41, 5.74) is 1.25. The second kappa shape index (κ2) is 6.68. The van der Waals surface area contributed by atoms with Gasteiger partial charge in [0.15, 0.2) is 17.3 Å². The number of para-hydroxylation sites is 1. The molecule has 0 aromatic heterocycles. The molecule has 25 heavy (non-hydrogen) atoms. The van der Waals surface area contributed by atoms with E-state index in [9.17, 15) is 9.59 Å². The molecule has 0 unspecified atom stereocenters. The van der Waals surface area contributed by atoms with Crippen molar-refractivity contribution in [2.75, 3.05) is 21.3 Å². The average molecular weight is 340 g/mol. The topological polar surface area (TPSA) is 71.1 Å². The first kappa shape index (κ1) is 16.6. The Labute approximate surface area is 144 Å². The van der Waals surface area contributed by atoms with E-state index in [-0.39, 0.29) is 11.5 Å². The highest BCUT2D eigenvalue weighted by Gasteiger charge is 2.29. The van der Waals surface area contributed by atoms with Crippen LogP contribution >= 0.6 is 0 Å². The zero-order valence-electron chi connectivity index (χ0n) is 14.0. The predicted molar refractivity (Wildman–Crippen MR) is 90.3 cm³/mol. The predicted octanol–water partition coefficient (Wildman–Crippen LogP) is 3.11. The SMILES string of the molecule is COC(=O)c1ccc2c(c1)C(=O)C(=Cc1cccc(OC)c1OC)O2. The number of hydrogen-bond acceptors (Lipinski definition) is 6. The van der Waals surface area contributed by atoms with Crippen LogP contribution in [-0.4, -0.2) is 33.1 Å². The van der Waals surface area contributed by atoms with Gasteiger partial charge in [-0.2, -0.15) is 0 Å². The largest absolute Gasteiger partial charge is 0.493 e. The van der Waals surface area contributed by atoms with Crippen LogP contribution in [0.3, 0.4) is 0 Å². The fourth-order valence-electron chi connectivity index (χ4n) is 2.60. The van der Waals surface area contributed by atoms with Crippen LogP contribution in [-0.2, 0) is 4.74 Å². The second-order valence-corrected chi connectivity index (χ2v) is 5.23. The molecule has 0 spiro atoms. The van der Waals surface area contributed by atoms with E-state index in [0.29, 0.717) is 33.9 Å². The second-order valence-electron chi connectivity index (χ2n) is 5.23. The number of esters is 1. The monoisotopic (exact) mass is 340 g/mol. The molecule has 0 aliphatic carbocycles. The maximum Gasteiger partial charge on any atom is 0.337 e. The van der Waals surface area contributed by atoms with Crippen LogP contribution in [0.1, 0.15) is 26.3 Å². The Kier molecular flexibility index (Phi) is 4.43. The summed E-state index contributed by atoms with van der Waals surface area (Å²) in [6.07, 6.45) is 1.58. The van der Waals surface area contributed by atoms with E-state index in [1.165, 1.54) is 27.4 Å². The van der Waals surface area contributed by atoms with Crippen molar-refractivity contribution in [1.29, 1.82) is 0 Å². The van der Waals surface area contributed by atoms with Crippen molar-refractivity contribution in [3.8, 4) is 17.2 Å². The van der Waals surface area contributed by atoms with E-state index in [1.807, 2.05) is 0 Å². The first-order chi connectivity index (χ1) is 12.1. The van der Waals surface area contributed by atoms with E-state index in [1.54, 1.807) is 36.4 Å². The van der Waals surface area contributed by atoms with Gasteiger partial charge in [-0.15, -0.1) is 0 Å². The molecular formula is C19H16O6. The minimum absolute atomic E-state index is 0.142. The Hall–Kier alpha value is -3.28. The molecule has 1 aliphatic rings. The van der Waals surface area contributed by atoms with Crippen molar-refractivity contribution in [3.05, 3.63) is 58.8 Å². The number of benzene rings is 2. The number of Topliss-reactive ketones (excluding diaryl/α,β-unsaturated/α-hetero) is 1. The third kappa shape index (κ3) is 2.94. The molecule has 2 aromatic carbocycles. The van der Waals surface area contributed by atoms with E-state index in [2.05, 4.69) is 4.74 Å². The zero-order chi connectivity index (χ0) is 18.0. The molecule has 0 radical (unpaired) electrons. The highest BCUT2D eigenvalue weighted by molar-refractivity contribution is 6.15. The molecule has 0 N–H and O–H groups in total. The number of rotatable bonds is 4. The first-order valence-electron chi connectivity index (χ1n) is 7.46. The number of ether oxygens (including phenoxy) is 4. The van der Waals surface area contributed by atoms with Gasteiger partial charge in [-0.3, -0.25) is 4.79 Å². The summed E-state index contributed by atoms with van der Waals surface area (Å²) < 4.78 is 20.9. The van der Waals surface area contributed by atoms with E-state index < -0.39 is 5.97 Å². The Morgan fingerprint density at radius 3 is 2.56 bits per heavy atom. The summed E-state index contributed by atoms with van der Waals surface area (Å²) in [5, 5.41) is 0. The van der Waals surface area contributed by atoms with E-state index in [4.69, 9.17) is 14.2 Å². The smallest absolute Gasteiger partial charge is 0.337 e. The summed E-state index contributed by atoms with van der Waals surface area (Å²) in [7, 11) is 4.35. The quantitative estimate of drug-likeness (QED) is 0.629. The van der Waals surface area contributed by atoms with Gasteiger partial charge in [0.1, 0.15) is 5.75 Å². The number of allylic oxidation sites excluding steroid dienone is 1. The third-order valence-electron chi connectivity index (χ3n) is 3.81. The lowest BCUT2D eigenvalue weighted by Gasteiger charge is -2.10. The highest BCUT2D eigenvalue weighted by Crippen LogP contribution is 2.36. The Bertz CT molecular complexity index is 881. The molecule has 2 aromatic rings. The maximum absolute atomic E-state index is 12.6. The molecule has 6 heteroatoms.